The van der Waals surface area contributed by atoms with E-state index in [4.69, 9.17) is 0 Å². The van der Waals surface area contributed by atoms with Gasteiger partial charge in [0.05, 0.1) is 23.1 Å². The van der Waals surface area contributed by atoms with Crippen molar-refractivity contribution in [1.82, 2.24) is 10.2 Å². The highest BCUT2D eigenvalue weighted by molar-refractivity contribution is 6.00. The molecule has 0 radical (unpaired) electrons. The summed E-state index contributed by atoms with van der Waals surface area (Å²) >= 11 is 0. The van der Waals surface area contributed by atoms with Gasteiger partial charge in [-0.15, -0.1) is 0 Å². The minimum absolute atomic E-state index is 0.235. The molecule has 1 aromatic carbocycles. The summed E-state index contributed by atoms with van der Waals surface area (Å²) in [4.78, 5) is 25.9. The van der Waals surface area contributed by atoms with Crippen molar-refractivity contribution in [3.8, 4) is 0 Å². The first kappa shape index (κ1) is 18.3. The lowest BCUT2D eigenvalue weighted by atomic mass is 10.1. The van der Waals surface area contributed by atoms with Gasteiger partial charge >= 0.3 is 6.18 Å². The van der Waals surface area contributed by atoms with E-state index in [0.717, 1.165) is 6.07 Å². The van der Waals surface area contributed by atoms with Gasteiger partial charge in [0, 0.05) is 13.1 Å². The van der Waals surface area contributed by atoms with Crippen LogP contribution in [0.1, 0.15) is 12.0 Å². The van der Waals surface area contributed by atoms with E-state index in [9.17, 15) is 22.8 Å². The van der Waals surface area contributed by atoms with E-state index in [1.54, 1.807) is 0 Å². The molecule has 2 unspecified atom stereocenters. The average molecular weight is 343 g/mol. The Labute approximate surface area is 138 Å². The summed E-state index contributed by atoms with van der Waals surface area (Å²) < 4.78 is 38.7. The second kappa shape index (κ2) is 7.21. The van der Waals surface area contributed by atoms with Crippen LogP contribution in [0.15, 0.2) is 24.3 Å². The minimum atomic E-state index is -4.55. The normalized spacial score (nSPS) is 19.9. The largest absolute Gasteiger partial charge is 0.418 e. The second-order valence-electron chi connectivity index (χ2n) is 6.08. The molecule has 1 saturated carbocycles. The lowest BCUT2D eigenvalue weighted by Gasteiger charge is -2.13. The van der Waals surface area contributed by atoms with Crippen molar-refractivity contribution in [3.63, 3.8) is 0 Å². The van der Waals surface area contributed by atoms with Gasteiger partial charge in [0.1, 0.15) is 0 Å². The fraction of sp³-hybridized carbons (Fsp3) is 0.500. The summed E-state index contributed by atoms with van der Waals surface area (Å²) in [6.07, 6.45) is -4.19. The predicted octanol–water partition coefficient (Wildman–Crippen LogP) is 1.96. The number of hydrogen-bond acceptors (Lipinski definition) is 3. The van der Waals surface area contributed by atoms with E-state index in [1.807, 2.05) is 19.0 Å². The first-order chi connectivity index (χ1) is 11.2. The van der Waals surface area contributed by atoms with Crippen molar-refractivity contribution < 1.29 is 22.8 Å². The first-order valence-corrected chi connectivity index (χ1v) is 7.59. The van der Waals surface area contributed by atoms with E-state index >= 15 is 0 Å². The van der Waals surface area contributed by atoms with Crippen LogP contribution in [0.5, 0.6) is 0 Å². The van der Waals surface area contributed by atoms with Crippen LogP contribution >= 0.6 is 0 Å². The number of hydrogen-bond donors (Lipinski definition) is 2. The van der Waals surface area contributed by atoms with Crippen LogP contribution in [-0.4, -0.2) is 43.9 Å². The lowest BCUT2D eigenvalue weighted by Crippen LogP contribution is -2.33. The molecule has 0 heterocycles. The maximum absolute atomic E-state index is 12.9. The lowest BCUT2D eigenvalue weighted by molar-refractivity contribution is -0.137. The molecule has 0 aromatic heterocycles. The molecule has 1 aliphatic rings. The monoisotopic (exact) mass is 343 g/mol. The number of carbonyl (C=O) groups is 2. The molecule has 132 valence electrons. The standard InChI is InChI=1S/C16H20F3N3O2/c1-22(2)8-7-20-14(23)10-9-11(10)15(24)21-13-6-4-3-5-12(13)16(17,18)19/h3-6,10-11H,7-9H2,1-2H3,(H,20,23)(H,21,24). The van der Waals surface area contributed by atoms with Gasteiger partial charge in [-0.2, -0.15) is 13.2 Å². The van der Waals surface area contributed by atoms with Gasteiger partial charge in [-0.25, -0.2) is 0 Å². The molecule has 2 N–H and O–H groups in total. The van der Waals surface area contributed by atoms with Gasteiger partial charge in [0.25, 0.3) is 0 Å². The number of likely N-dealkylation sites (N-methyl/N-ethyl adjacent to an activating group) is 1. The number of para-hydroxylation sites is 1. The van der Waals surface area contributed by atoms with Crippen molar-refractivity contribution in [3.05, 3.63) is 29.8 Å². The van der Waals surface area contributed by atoms with Gasteiger partial charge < -0.3 is 15.5 Å². The number of carbonyl (C=O) groups excluding carboxylic acids is 2. The van der Waals surface area contributed by atoms with Crippen molar-refractivity contribution in [2.75, 3.05) is 32.5 Å². The van der Waals surface area contributed by atoms with Gasteiger partial charge in [-0.05, 0) is 32.6 Å². The Kier molecular flexibility index (Phi) is 5.48. The Balaban J connectivity index is 1.90. The van der Waals surface area contributed by atoms with E-state index in [1.165, 1.54) is 18.2 Å². The van der Waals surface area contributed by atoms with Gasteiger partial charge in [-0.1, -0.05) is 12.1 Å². The average Bonchev–Trinajstić information content (AvgIpc) is 3.26. The number of benzene rings is 1. The van der Waals surface area contributed by atoms with Gasteiger partial charge in [0.15, 0.2) is 0 Å². The second-order valence-corrected chi connectivity index (χ2v) is 6.08. The van der Waals surface area contributed by atoms with Crippen LogP contribution in [0, 0.1) is 11.8 Å². The Hall–Kier alpha value is -2.09. The highest BCUT2D eigenvalue weighted by Crippen LogP contribution is 2.41. The summed E-state index contributed by atoms with van der Waals surface area (Å²) in [6, 6.07) is 4.79. The fourth-order valence-electron chi connectivity index (χ4n) is 2.37. The number of alkyl halides is 3. The third kappa shape index (κ3) is 4.70. The zero-order chi connectivity index (χ0) is 17.9. The van der Waals surface area contributed by atoms with Crippen molar-refractivity contribution in [2.24, 2.45) is 11.8 Å². The van der Waals surface area contributed by atoms with Crippen LogP contribution in [0.3, 0.4) is 0 Å². The molecule has 1 aliphatic carbocycles. The smallest absolute Gasteiger partial charge is 0.355 e. The molecule has 0 spiro atoms. The van der Waals surface area contributed by atoms with E-state index in [0.29, 0.717) is 19.5 Å². The third-order valence-corrected chi connectivity index (χ3v) is 3.81. The molecule has 2 atom stereocenters. The number of nitrogens with one attached hydrogen (secondary N) is 2. The van der Waals surface area contributed by atoms with E-state index < -0.39 is 29.5 Å². The van der Waals surface area contributed by atoms with Crippen molar-refractivity contribution in [1.29, 1.82) is 0 Å². The number of halogens is 3. The Morgan fingerprint density at radius 3 is 2.42 bits per heavy atom. The molecule has 0 bridgehead atoms. The molecule has 0 aliphatic heterocycles. The molecule has 5 nitrogen and oxygen atoms in total. The van der Waals surface area contributed by atoms with Crippen LogP contribution in [0.2, 0.25) is 0 Å². The number of rotatable bonds is 6. The summed E-state index contributed by atoms with van der Waals surface area (Å²) in [5, 5.41) is 5.01. The van der Waals surface area contributed by atoms with Gasteiger partial charge in [-0.3, -0.25) is 9.59 Å². The van der Waals surface area contributed by atoms with Crippen LogP contribution in [-0.2, 0) is 15.8 Å². The maximum Gasteiger partial charge on any atom is 0.418 e. The SMILES string of the molecule is CN(C)CCNC(=O)C1CC1C(=O)Nc1ccccc1C(F)(F)F. The first-order valence-electron chi connectivity index (χ1n) is 7.59. The summed E-state index contributed by atoms with van der Waals surface area (Å²) in [7, 11) is 3.75. The molecule has 8 heteroatoms. The molecule has 2 rings (SSSR count). The number of anilines is 1. The third-order valence-electron chi connectivity index (χ3n) is 3.81. The topological polar surface area (TPSA) is 61.4 Å². The zero-order valence-electron chi connectivity index (χ0n) is 13.5. The highest BCUT2D eigenvalue weighted by atomic mass is 19.4. The van der Waals surface area contributed by atoms with Crippen molar-refractivity contribution >= 4 is 17.5 Å². The van der Waals surface area contributed by atoms with Crippen LogP contribution < -0.4 is 10.6 Å². The number of amides is 2. The molecular weight excluding hydrogens is 323 g/mol. The minimum Gasteiger partial charge on any atom is -0.355 e. The van der Waals surface area contributed by atoms with Crippen LogP contribution in [0.4, 0.5) is 18.9 Å². The molecule has 2 amide bonds. The Morgan fingerprint density at radius 2 is 1.79 bits per heavy atom. The highest BCUT2D eigenvalue weighted by Gasteiger charge is 2.48. The van der Waals surface area contributed by atoms with Crippen LogP contribution in [0.25, 0.3) is 0 Å². The fourth-order valence-corrected chi connectivity index (χ4v) is 2.37. The quantitative estimate of drug-likeness (QED) is 0.830. The molecule has 0 saturated heterocycles. The zero-order valence-corrected chi connectivity index (χ0v) is 13.5. The Morgan fingerprint density at radius 1 is 1.17 bits per heavy atom. The molecule has 1 aromatic rings. The van der Waals surface area contributed by atoms with E-state index in [-0.39, 0.29) is 11.6 Å². The van der Waals surface area contributed by atoms with Gasteiger partial charge in [0.2, 0.25) is 11.8 Å². The Bertz CT molecular complexity index is 617. The maximum atomic E-state index is 12.9. The predicted molar refractivity (Wildman–Crippen MR) is 83.2 cm³/mol. The van der Waals surface area contributed by atoms with Crippen molar-refractivity contribution in [2.45, 2.75) is 12.6 Å². The molecule has 1 fully saturated rings. The van der Waals surface area contributed by atoms with E-state index in [2.05, 4.69) is 10.6 Å². The molecular formula is C16H20F3N3O2. The summed E-state index contributed by atoms with van der Waals surface area (Å²) in [5.74, 6) is -1.84. The summed E-state index contributed by atoms with van der Waals surface area (Å²) in [6.45, 7) is 1.14. The molecule has 24 heavy (non-hydrogen) atoms. The summed E-state index contributed by atoms with van der Waals surface area (Å²) in [5.41, 5.74) is -1.18. The number of nitrogens with zero attached hydrogens (tertiary/aromatic N) is 1.